The van der Waals surface area contributed by atoms with Gasteiger partial charge in [-0.25, -0.2) is 14.2 Å². The summed E-state index contributed by atoms with van der Waals surface area (Å²) in [6.07, 6.45) is -3.13. The number of alkyl halides is 3. The van der Waals surface area contributed by atoms with Crippen molar-refractivity contribution in [2.45, 2.75) is 19.3 Å². The number of fused-ring (bicyclic) bond motifs is 1. The second kappa shape index (κ2) is 7.82. The van der Waals surface area contributed by atoms with Crippen LogP contribution < -0.4 is 11.2 Å². The molecule has 0 N–H and O–H groups in total. The Kier molecular flexibility index (Phi) is 5.18. The number of nitrogens with zero attached hydrogens (tertiary/aromatic N) is 3. The van der Waals surface area contributed by atoms with E-state index in [4.69, 9.17) is 0 Å². The van der Waals surface area contributed by atoms with Crippen molar-refractivity contribution < 1.29 is 17.6 Å². The molecule has 5 nitrogen and oxygen atoms in total. The maximum Gasteiger partial charge on any atom is 0.416 e. The fourth-order valence-corrected chi connectivity index (χ4v) is 3.34. The first-order chi connectivity index (χ1) is 14.7. The van der Waals surface area contributed by atoms with Gasteiger partial charge < -0.3 is 0 Å². The van der Waals surface area contributed by atoms with Gasteiger partial charge in [0.05, 0.1) is 24.2 Å². The van der Waals surface area contributed by atoms with Crippen LogP contribution in [0.4, 0.5) is 17.6 Å². The van der Waals surface area contributed by atoms with Gasteiger partial charge in [-0.1, -0.05) is 24.3 Å². The van der Waals surface area contributed by atoms with Crippen molar-refractivity contribution in [2.75, 3.05) is 0 Å². The predicted molar refractivity (Wildman–Crippen MR) is 106 cm³/mol. The van der Waals surface area contributed by atoms with Gasteiger partial charge in [0.1, 0.15) is 5.82 Å². The zero-order valence-corrected chi connectivity index (χ0v) is 15.9. The summed E-state index contributed by atoms with van der Waals surface area (Å²) in [4.78, 5) is 30.1. The minimum absolute atomic E-state index is 0.0104. The third-order valence-corrected chi connectivity index (χ3v) is 4.84. The van der Waals surface area contributed by atoms with E-state index in [0.29, 0.717) is 5.56 Å². The van der Waals surface area contributed by atoms with E-state index in [-0.39, 0.29) is 29.7 Å². The zero-order chi connectivity index (χ0) is 22.2. The summed E-state index contributed by atoms with van der Waals surface area (Å²) in [5.74, 6) is -0.460. The van der Waals surface area contributed by atoms with Crippen LogP contribution in [0.2, 0.25) is 0 Å². The average Bonchev–Trinajstić information content (AvgIpc) is 2.75. The Bertz CT molecular complexity index is 1370. The van der Waals surface area contributed by atoms with Crippen LogP contribution in [-0.4, -0.2) is 14.1 Å². The SMILES string of the molecule is O=c1c2ncccc2n(Cc2cccc(C(F)(F)F)c2)c(=O)n1Cc1ccc(F)cc1. The van der Waals surface area contributed by atoms with E-state index >= 15 is 0 Å². The van der Waals surface area contributed by atoms with Gasteiger partial charge in [-0.3, -0.25) is 13.9 Å². The van der Waals surface area contributed by atoms with Crippen molar-refractivity contribution in [3.8, 4) is 0 Å². The van der Waals surface area contributed by atoms with Crippen LogP contribution in [0.25, 0.3) is 11.0 Å². The van der Waals surface area contributed by atoms with Gasteiger partial charge >= 0.3 is 11.9 Å². The first kappa shape index (κ1) is 20.5. The predicted octanol–water partition coefficient (Wildman–Crippen LogP) is 3.81. The molecule has 0 unspecified atom stereocenters. The van der Waals surface area contributed by atoms with Gasteiger partial charge in [0, 0.05) is 6.20 Å². The van der Waals surface area contributed by atoms with Crippen molar-refractivity contribution in [3.63, 3.8) is 0 Å². The topological polar surface area (TPSA) is 56.9 Å². The fourth-order valence-electron chi connectivity index (χ4n) is 3.34. The van der Waals surface area contributed by atoms with Gasteiger partial charge in [-0.15, -0.1) is 0 Å². The monoisotopic (exact) mass is 429 g/mol. The molecule has 2 heterocycles. The highest BCUT2D eigenvalue weighted by Crippen LogP contribution is 2.29. The van der Waals surface area contributed by atoms with Gasteiger partial charge in [0.25, 0.3) is 5.56 Å². The van der Waals surface area contributed by atoms with Crippen molar-refractivity contribution in [3.05, 3.63) is 110 Å². The molecular weight excluding hydrogens is 414 g/mol. The van der Waals surface area contributed by atoms with E-state index in [1.165, 1.54) is 59.3 Å². The second-order valence-electron chi connectivity index (χ2n) is 6.96. The molecule has 0 amide bonds. The lowest BCUT2D eigenvalue weighted by Crippen LogP contribution is -2.40. The maximum absolute atomic E-state index is 13.2. The normalized spacial score (nSPS) is 11.7. The van der Waals surface area contributed by atoms with E-state index in [9.17, 15) is 27.2 Å². The van der Waals surface area contributed by atoms with E-state index in [1.54, 1.807) is 0 Å². The lowest BCUT2D eigenvalue weighted by atomic mass is 10.1. The number of benzene rings is 2. The van der Waals surface area contributed by atoms with E-state index in [2.05, 4.69) is 4.98 Å². The van der Waals surface area contributed by atoms with E-state index in [1.807, 2.05) is 0 Å². The van der Waals surface area contributed by atoms with Gasteiger partial charge in [0.2, 0.25) is 0 Å². The molecule has 2 aromatic carbocycles. The fraction of sp³-hybridized carbons (Fsp3) is 0.136. The number of hydrogen-bond donors (Lipinski definition) is 0. The van der Waals surface area contributed by atoms with E-state index in [0.717, 1.165) is 16.7 Å². The summed E-state index contributed by atoms with van der Waals surface area (Å²) in [7, 11) is 0. The molecule has 9 heteroatoms. The van der Waals surface area contributed by atoms with Crippen LogP contribution in [0.1, 0.15) is 16.7 Å². The van der Waals surface area contributed by atoms with Gasteiger partial charge in [-0.2, -0.15) is 13.2 Å². The third kappa shape index (κ3) is 4.11. The van der Waals surface area contributed by atoms with Crippen molar-refractivity contribution >= 4 is 11.0 Å². The zero-order valence-electron chi connectivity index (χ0n) is 15.9. The number of rotatable bonds is 4. The first-order valence-electron chi connectivity index (χ1n) is 9.23. The van der Waals surface area contributed by atoms with E-state index < -0.39 is 28.8 Å². The number of hydrogen-bond acceptors (Lipinski definition) is 3. The smallest absolute Gasteiger partial charge is 0.287 e. The van der Waals surface area contributed by atoms with Crippen molar-refractivity contribution in [1.29, 1.82) is 0 Å². The molecule has 4 rings (SSSR count). The standard InChI is InChI=1S/C22H15F4N3O2/c23-17-8-6-14(7-9-17)12-29-20(30)19-18(5-2-10-27-19)28(21(29)31)13-15-3-1-4-16(11-15)22(24,25)26/h1-11H,12-13H2. The summed E-state index contributed by atoms with van der Waals surface area (Å²) in [5.41, 5.74) is -1.19. The highest BCUT2D eigenvalue weighted by atomic mass is 19.4. The van der Waals surface area contributed by atoms with Crippen LogP contribution in [-0.2, 0) is 19.3 Å². The molecule has 0 atom stereocenters. The van der Waals surface area contributed by atoms with Crippen LogP contribution >= 0.6 is 0 Å². The molecule has 0 saturated heterocycles. The summed E-state index contributed by atoms with van der Waals surface area (Å²) in [5, 5.41) is 0. The lowest BCUT2D eigenvalue weighted by molar-refractivity contribution is -0.137. The molecule has 0 aliphatic heterocycles. The Morgan fingerprint density at radius 1 is 0.839 bits per heavy atom. The Morgan fingerprint density at radius 3 is 2.26 bits per heavy atom. The summed E-state index contributed by atoms with van der Waals surface area (Å²) < 4.78 is 54.6. The highest BCUT2D eigenvalue weighted by Gasteiger charge is 2.30. The minimum atomic E-state index is -4.52. The summed E-state index contributed by atoms with van der Waals surface area (Å²) in [6.45, 7) is -0.318. The minimum Gasteiger partial charge on any atom is -0.287 e. The summed E-state index contributed by atoms with van der Waals surface area (Å²) >= 11 is 0. The van der Waals surface area contributed by atoms with Crippen LogP contribution in [0.5, 0.6) is 0 Å². The van der Waals surface area contributed by atoms with Crippen molar-refractivity contribution in [2.24, 2.45) is 0 Å². The third-order valence-electron chi connectivity index (χ3n) is 4.84. The van der Waals surface area contributed by atoms with Crippen molar-refractivity contribution in [1.82, 2.24) is 14.1 Å². The van der Waals surface area contributed by atoms with Gasteiger partial charge in [0.15, 0.2) is 5.52 Å². The molecular formula is C22H15F4N3O2. The highest BCUT2D eigenvalue weighted by molar-refractivity contribution is 5.73. The molecule has 0 fully saturated rings. The first-order valence-corrected chi connectivity index (χ1v) is 9.23. The molecule has 0 bridgehead atoms. The molecule has 4 aromatic rings. The molecule has 158 valence electrons. The Morgan fingerprint density at radius 2 is 1.55 bits per heavy atom. The number of halogens is 4. The van der Waals surface area contributed by atoms with Crippen LogP contribution in [0.15, 0.2) is 76.4 Å². The summed E-state index contributed by atoms with van der Waals surface area (Å²) in [6, 6.07) is 13.0. The quantitative estimate of drug-likeness (QED) is 0.464. The Balaban J connectivity index is 1.86. The second-order valence-corrected chi connectivity index (χ2v) is 6.96. The molecule has 2 aromatic heterocycles. The molecule has 0 aliphatic carbocycles. The molecule has 0 radical (unpaired) electrons. The lowest BCUT2D eigenvalue weighted by Gasteiger charge is -2.15. The number of aromatic nitrogens is 3. The van der Waals surface area contributed by atoms with Gasteiger partial charge in [-0.05, 0) is 47.5 Å². The Labute approximate surface area is 172 Å². The maximum atomic E-state index is 13.2. The van der Waals surface area contributed by atoms with Crippen LogP contribution in [0.3, 0.4) is 0 Å². The molecule has 31 heavy (non-hydrogen) atoms. The van der Waals surface area contributed by atoms with Crippen LogP contribution in [0, 0.1) is 5.82 Å². The number of pyridine rings is 1. The molecule has 0 spiro atoms. The Hall–Kier alpha value is -3.75. The molecule has 0 saturated carbocycles. The largest absolute Gasteiger partial charge is 0.416 e. The molecule has 0 aliphatic rings. The average molecular weight is 429 g/mol.